The predicted octanol–water partition coefficient (Wildman–Crippen LogP) is 7.04. The molecular formula is C35H56NO10P. The van der Waals surface area contributed by atoms with Gasteiger partial charge >= 0.3 is 19.8 Å². The molecule has 0 aromatic carbocycles. The monoisotopic (exact) mass is 681 g/mol. The van der Waals surface area contributed by atoms with Crippen molar-refractivity contribution >= 4 is 25.7 Å². The SMILES string of the molecule is CC/C=C\C/C=C\C/C=C\C/C=C\C/C=C\C/C=C\CCCCCCC(=O)NC(COP(=O)(O)OCC(O)COC(=O)CC)C(=O)O. The van der Waals surface area contributed by atoms with Gasteiger partial charge in [0, 0.05) is 12.8 Å². The van der Waals surface area contributed by atoms with E-state index in [0.717, 1.165) is 64.2 Å². The molecule has 0 aliphatic carbocycles. The van der Waals surface area contributed by atoms with Gasteiger partial charge in [-0.25, -0.2) is 9.36 Å². The highest BCUT2D eigenvalue weighted by Gasteiger charge is 2.28. The lowest BCUT2D eigenvalue weighted by atomic mass is 10.1. The number of phosphoric ester groups is 1. The molecule has 0 rings (SSSR count). The van der Waals surface area contributed by atoms with E-state index < -0.39 is 57.6 Å². The van der Waals surface area contributed by atoms with Crippen molar-refractivity contribution in [1.29, 1.82) is 0 Å². The number of aliphatic hydroxyl groups is 1. The molecule has 11 nitrogen and oxygen atoms in total. The van der Waals surface area contributed by atoms with Crippen LogP contribution >= 0.6 is 7.82 Å². The molecule has 0 radical (unpaired) electrons. The van der Waals surface area contributed by atoms with Crippen LogP contribution in [-0.2, 0) is 32.7 Å². The number of esters is 1. The third-order valence-corrected chi connectivity index (χ3v) is 7.26. The van der Waals surface area contributed by atoms with Gasteiger partial charge in [-0.2, -0.15) is 0 Å². The first-order valence-corrected chi connectivity index (χ1v) is 18.0. The Bertz CT molecular complexity index is 1080. The molecule has 0 saturated carbocycles. The molecule has 12 heteroatoms. The van der Waals surface area contributed by atoms with Crippen molar-refractivity contribution in [3.8, 4) is 0 Å². The van der Waals surface area contributed by atoms with E-state index in [0.29, 0.717) is 6.42 Å². The first-order chi connectivity index (χ1) is 22.6. The number of phosphoric acid groups is 1. The molecule has 0 fully saturated rings. The summed E-state index contributed by atoms with van der Waals surface area (Å²) in [4.78, 5) is 44.4. The van der Waals surface area contributed by atoms with Gasteiger partial charge < -0.3 is 25.2 Å². The van der Waals surface area contributed by atoms with Crippen molar-refractivity contribution in [1.82, 2.24) is 5.32 Å². The molecular weight excluding hydrogens is 625 g/mol. The second-order valence-electron chi connectivity index (χ2n) is 10.6. The van der Waals surface area contributed by atoms with Gasteiger partial charge in [0.1, 0.15) is 12.7 Å². The van der Waals surface area contributed by atoms with Gasteiger partial charge in [-0.1, -0.05) is 99.6 Å². The van der Waals surface area contributed by atoms with E-state index in [1.807, 2.05) is 0 Å². The molecule has 47 heavy (non-hydrogen) atoms. The minimum atomic E-state index is -4.73. The Balaban J connectivity index is 3.96. The minimum Gasteiger partial charge on any atom is -0.480 e. The van der Waals surface area contributed by atoms with Gasteiger partial charge in [-0.3, -0.25) is 18.6 Å². The van der Waals surface area contributed by atoms with Crippen molar-refractivity contribution in [3.63, 3.8) is 0 Å². The largest absolute Gasteiger partial charge is 0.480 e. The van der Waals surface area contributed by atoms with Crippen LogP contribution in [-0.4, -0.2) is 64.9 Å². The van der Waals surface area contributed by atoms with Gasteiger partial charge in [0.15, 0.2) is 6.04 Å². The number of amides is 1. The smallest absolute Gasteiger partial charge is 0.472 e. The van der Waals surface area contributed by atoms with Crippen LogP contribution in [0.25, 0.3) is 0 Å². The van der Waals surface area contributed by atoms with Crippen LogP contribution in [0.1, 0.15) is 97.3 Å². The van der Waals surface area contributed by atoms with Gasteiger partial charge in [0.2, 0.25) is 5.91 Å². The van der Waals surface area contributed by atoms with E-state index in [2.05, 4.69) is 98.9 Å². The molecule has 4 N–H and O–H groups in total. The van der Waals surface area contributed by atoms with Crippen molar-refractivity contribution in [2.75, 3.05) is 19.8 Å². The summed E-state index contributed by atoms with van der Waals surface area (Å²) in [6, 6.07) is -1.56. The number of nitrogens with one attached hydrogen (secondary N) is 1. The molecule has 0 aromatic rings. The molecule has 0 bridgehead atoms. The second kappa shape index (κ2) is 30.3. The first kappa shape index (κ1) is 43.9. The molecule has 0 heterocycles. The number of carbonyl (C=O) groups excluding carboxylic acids is 2. The summed E-state index contributed by atoms with van der Waals surface area (Å²) >= 11 is 0. The van der Waals surface area contributed by atoms with Crippen molar-refractivity contribution < 1.29 is 47.8 Å². The van der Waals surface area contributed by atoms with E-state index in [4.69, 9.17) is 0 Å². The highest BCUT2D eigenvalue weighted by atomic mass is 31.2. The van der Waals surface area contributed by atoms with Crippen LogP contribution < -0.4 is 5.32 Å². The Hall–Kier alpha value is -3.08. The third-order valence-electron chi connectivity index (χ3n) is 6.31. The first-order valence-electron chi connectivity index (χ1n) is 16.5. The third kappa shape index (κ3) is 30.0. The van der Waals surface area contributed by atoms with Crippen LogP contribution in [0.5, 0.6) is 0 Å². The average molecular weight is 682 g/mol. The van der Waals surface area contributed by atoms with E-state index in [1.165, 1.54) is 0 Å². The molecule has 0 aromatic heterocycles. The van der Waals surface area contributed by atoms with Crippen LogP contribution in [0.3, 0.4) is 0 Å². The average Bonchev–Trinajstić information content (AvgIpc) is 3.04. The van der Waals surface area contributed by atoms with Crippen LogP contribution in [0.2, 0.25) is 0 Å². The fourth-order valence-electron chi connectivity index (χ4n) is 3.71. The fourth-order valence-corrected chi connectivity index (χ4v) is 4.48. The number of rotatable bonds is 29. The molecule has 0 aliphatic heterocycles. The number of carboxylic acid groups (broad SMARTS) is 1. The molecule has 1 amide bonds. The highest BCUT2D eigenvalue weighted by Crippen LogP contribution is 2.43. The Labute approximate surface area is 280 Å². The Morgan fingerprint density at radius 3 is 1.70 bits per heavy atom. The van der Waals surface area contributed by atoms with E-state index >= 15 is 0 Å². The molecule has 3 atom stereocenters. The number of allylic oxidation sites excluding steroid dienone is 12. The summed E-state index contributed by atoms with van der Waals surface area (Å²) < 4.78 is 25.9. The standard InChI is InChI=1S/C35H56NO10P/c1-3-5-6-7-8-9-10-11-12-13-14-15-16-17-18-19-20-21-22-23-24-25-26-27-33(38)36-32(35(40)41)30-46-47(42,43)45-29-31(37)28-44-34(39)4-2/h5-6,8-9,11-12,14-15,17-18,20-21,31-32,37H,3-4,7,10,13,16,19,22-30H2,1-2H3,(H,36,38)(H,40,41)(H,42,43)/b6-5-,9-8-,12-11-,15-14-,18-17-,21-20-. The zero-order valence-electron chi connectivity index (χ0n) is 28.0. The lowest BCUT2D eigenvalue weighted by molar-refractivity contribution is -0.146. The van der Waals surface area contributed by atoms with Gasteiger partial charge in [-0.05, 0) is 57.8 Å². The van der Waals surface area contributed by atoms with Crippen LogP contribution in [0.15, 0.2) is 72.9 Å². The number of carboxylic acids is 1. The molecule has 3 unspecified atom stereocenters. The summed E-state index contributed by atoms with van der Waals surface area (Å²) in [7, 11) is -4.73. The summed E-state index contributed by atoms with van der Waals surface area (Å²) in [6.45, 7) is 1.75. The number of hydrogen-bond acceptors (Lipinski definition) is 8. The Morgan fingerprint density at radius 2 is 1.19 bits per heavy atom. The van der Waals surface area contributed by atoms with Crippen molar-refractivity contribution in [2.45, 2.75) is 109 Å². The zero-order valence-corrected chi connectivity index (χ0v) is 28.9. The van der Waals surface area contributed by atoms with Crippen molar-refractivity contribution in [2.24, 2.45) is 0 Å². The summed E-state index contributed by atoms with van der Waals surface area (Å²) in [6.07, 6.45) is 34.9. The van der Waals surface area contributed by atoms with E-state index in [-0.39, 0.29) is 12.8 Å². The van der Waals surface area contributed by atoms with Crippen LogP contribution in [0, 0.1) is 0 Å². The molecule has 0 spiro atoms. The zero-order chi connectivity index (χ0) is 35.0. The molecule has 266 valence electrons. The molecule has 0 aliphatic rings. The summed E-state index contributed by atoms with van der Waals surface area (Å²) in [5.74, 6) is -2.52. The topological polar surface area (TPSA) is 169 Å². The maximum absolute atomic E-state index is 12.2. The lowest BCUT2D eigenvalue weighted by Gasteiger charge is -2.18. The highest BCUT2D eigenvalue weighted by molar-refractivity contribution is 7.47. The van der Waals surface area contributed by atoms with E-state index in [1.54, 1.807) is 6.92 Å². The van der Waals surface area contributed by atoms with Gasteiger partial charge in [0.25, 0.3) is 0 Å². The normalized spacial score (nSPS) is 15.0. The number of aliphatic hydroxyl groups excluding tert-OH is 1. The predicted molar refractivity (Wildman–Crippen MR) is 184 cm³/mol. The second-order valence-corrected chi connectivity index (χ2v) is 12.0. The Morgan fingerprint density at radius 1 is 0.702 bits per heavy atom. The van der Waals surface area contributed by atoms with E-state index in [9.17, 15) is 34.1 Å². The number of unbranched alkanes of at least 4 members (excludes halogenated alkanes) is 4. The lowest BCUT2D eigenvalue weighted by Crippen LogP contribution is -2.43. The fraction of sp³-hybridized carbons (Fsp3) is 0.571. The molecule has 0 saturated heterocycles. The maximum Gasteiger partial charge on any atom is 0.472 e. The number of aliphatic carboxylic acids is 1. The van der Waals surface area contributed by atoms with Crippen LogP contribution in [0.4, 0.5) is 0 Å². The summed E-state index contributed by atoms with van der Waals surface area (Å²) in [5, 5.41) is 21.3. The quantitative estimate of drug-likeness (QED) is 0.0278. The summed E-state index contributed by atoms with van der Waals surface area (Å²) in [5.41, 5.74) is 0. The maximum atomic E-state index is 12.2. The minimum absolute atomic E-state index is 0.0997. The number of hydrogen-bond donors (Lipinski definition) is 4. The number of carbonyl (C=O) groups is 3. The number of ether oxygens (including phenoxy) is 1. The van der Waals surface area contributed by atoms with Gasteiger partial charge in [0.05, 0.1) is 13.2 Å². The Kier molecular flexibility index (Phi) is 28.3. The van der Waals surface area contributed by atoms with Crippen molar-refractivity contribution in [3.05, 3.63) is 72.9 Å². The van der Waals surface area contributed by atoms with Gasteiger partial charge in [-0.15, -0.1) is 0 Å².